The second-order valence-electron chi connectivity index (χ2n) is 2.97. The number of halogens is 1. The second kappa shape index (κ2) is 4.19. The van der Waals surface area contributed by atoms with Gasteiger partial charge in [-0.2, -0.15) is 0 Å². The standard InChI is InChI=1S/C8H6BrN3O2S2/c1-16(13,14)8-10-3-2-5(11-8)7-12-6(9)4-15-7/h2-4H,1H3. The summed E-state index contributed by atoms with van der Waals surface area (Å²) in [4.78, 5) is 11.8. The Bertz CT molecular complexity index is 624. The molecule has 84 valence electrons. The van der Waals surface area contributed by atoms with Gasteiger partial charge in [-0.25, -0.2) is 23.4 Å². The van der Waals surface area contributed by atoms with Gasteiger partial charge in [0.05, 0.1) is 0 Å². The Morgan fingerprint density at radius 1 is 1.38 bits per heavy atom. The van der Waals surface area contributed by atoms with Crippen molar-refractivity contribution in [2.45, 2.75) is 5.16 Å². The maximum Gasteiger partial charge on any atom is 0.247 e. The van der Waals surface area contributed by atoms with E-state index in [0.717, 1.165) is 6.26 Å². The summed E-state index contributed by atoms with van der Waals surface area (Å²) in [6, 6.07) is 1.62. The van der Waals surface area contributed by atoms with E-state index in [1.807, 2.05) is 0 Å². The zero-order valence-corrected chi connectivity index (χ0v) is 11.3. The summed E-state index contributed by atoms with van der Waals surface area (Å²) in [5.41, 5.74) is 0.506. The largest absolute Gasteiger partial charge is 0.247 e. The Hall–Kier alpha value is -0.860. The zero-order valence-electron chi connectivity index (χ0n) is 8.08. The average molecular weight is 320 g/mol. The summed E-state index contributed by atoms with van der Waals surface area (Å²) in [6.45, 7) is 0. The van der Waals surface area contributed by atoms with E-state index in [4.69, 9.17) is 0 Å². The molecule has 0 bridgehead atoms. The Labute approximate surface area is 105 Å². The van der Waals surface area contributed by atoms with Gasteiger partial charge in [-0.15, -0.1) is 11.3 Å². The van der Waals surface area contributed by atoms with Crippen LogP contribution < -0.4 is 0 Å². The summed E-state index contributed by atoms with van der Waals surface area (Å²) in [6.07, 6.45) is 2.48. The van der Waals surface area contributed by atoms with Crippen molar-refractivity contribution in [3.8, 4) is 10.7 Å². The molecular formula is C8H6BrN3O2S2. The van der Waals surface area contributed by atoms with Crippen molar-refractivity contribution in [3.05, 3.63) is 22.2 Å². The van der Waals surface area contributed by atoms with Crippen LogP contribution in [0.2, 0.25) is 0 Å². The van der Waals surface area contributed by atoms with Gasteiger partial charge >= 0.3 is 0 Å². The van der Waals surface area contributed by atoms with Crippen LogP contribution in [0.1, 0.15) is 0 Å². The van der Waals surface area contributed by atoms with E-state index in [9.17, 15) is 8.42 Å². The highest BCUT2D eigenvalue weighted by molar-refractivity contribution is 9.10. The van der Waals surface area contributed by atoms with E-state index < -0.39 is 9.84 Å². The summed E-state index contributed by atoms with van der Waals surface area (Å²) < 4.78 is 23.2. The van der Waals surface area contributed by atoms with Crippen LogP contribution in [-0.4, -0.2) is 29.6 Å². The zero-order chi connectivity index (χ0) is 11.8. The quantitative estimate of drug-likeness (QED) is 0.789. The molecule has 0 saturated carbocycles. The molecule has 5 nitrogen and oxygen atoms in total. The molecule has 0 aliphatic rings. The molecule has 0 saturated heterocycles. The van der Waals surface area contributed by atoms with Gasteiger partial charge in [0, 0.05) is 17.8 Å². The topological polar surface area (TPSA) is 72.8 Å². The minimum atomic E-state index is -3.38. The second-order valence-corrected chi connectivity index (χ2v) is 6.55. The van der Waals surface area contributed by atoms with E-state index in [-0.39, 0.29) is 5.16 Å². The summed E-state index contributed by atoms with van der Waals surface area (Å²) in [5, 5.41) is 2.27. The third-order valence-corrected chi connectivity index (χ3v) is 4.09. The van der Waals surface area contributed by atoms with Gasteiger partial charge < -0.3 is 0 Å². The van der Waals surface area contributed by atoms with E-state index in [2.05, 4.69) is 30.9 Å². The molecule has 2 rings (SSSR count). The lowest BCUT2D eigenvalue weighted by Crippen LogP contribution is -2.04. The first-order chi connectivity index (χ1) is 7.47. The lowest BCUT2D eigenvalue weighted by molar-refractivity contribution is 0.593. The molecule has 16 heavy (non-hydrogen) atoms. The van der Waals surface area contributed by atoms with Crippen LogP contribution in [0.3, 0.4) is 0 Å². The highest BCUT2D eigenvalue weighted by Crippen LogP contribution is 2.24. The molecule has 0 amide bonds. The molecule has 0 aliphatic heterocycles. The van der Waals surface area contributed by atoms with Crippen LogP contribution in [0.25, 0.3) is 10.7 Å². The van der Waals surface area contributed by atoms with E-state index >= 15 is 0 Å². The lowest BCUT2D eigenvalue weighted by atomic mass is 10.4. The monoisotopic (exact) mass is 319 g/mol. The Kier molecular flexibility index (Phi) is 3.04. The number of sulfone groups is 1. The van der Waals surface area contributed by atoms with Crippen LogP contribution in [0.5, 0.6) is 0 Å². The maximum atomic E-state index is 11.3. The van der Waals surface area contributed by atoms with Crippen molar-refractivity contribution in [2.24, 2.45) is 0 Å². The highest BCUT2D eigenvalue weighted by Gasteiger charge is 2.13. The number of nitrogens with zero attached hydrogens (tertiary/aromatic N) is 3. The maximum absolute atomic E-state index is 11.3. The fourth-order valence-electron chi connectivity index (χ4n) is 1.01. The number of hydrogen-bond acceptors (Lipinski definition) is 6. The van der Waals surface area contributed by atoms with Gasteiger partial charge in [-0.3, -0.25) is 0 Å². The Balaban J connectivity index is 2.52. The minimum absolute atomic E-state index is 0.184. The smallest absolute Gasteiger partial charge is 0.227 e. The van der Waals surface area contributed by atoms with Crippen molar-refractivity contribution < 1.29 is 8.42 Å². The minimum Gasteiger partial charge on any atom is -0.227 e. The molecule has 0 atom stereocenters. The van der Waals surface area contributed by atoms with Crippen LogP contribution in [0.15, 0.2) is 27.4 Å². The molecule has 2 aromatic heterocycles. The predicted molar refractivity (Wildman–Crippen MR) is 63.9 cm³/mol. The van der Waals surface area contributed by atoms with Gasteiger partial charge in [-0.05, 0) is 22.0 Å². The molecule has 0 radical (unpaired) electrons. The predicted octanol–water partition coefficient (Wildman–Crippen LogP) is 1.77. The van der Waals surface area contributed by atoms with Gasteiger partial charge in [0.2, 0.25) is 15.0 Å². The Morgan fingerprint density at radius 3 is 2.69 bits per heavy atom. The summed E-state index contributed by atoms with van der Waals surface area (Å²) >= 11 is 4.60. The molecule has 0 unspecified atom stereocenters. The van der Waals surface area contributed by atoms with Gasteiger partial charge in [0.25, 0.3) is 0 Å². The molecular weight excluding hydrogens is 314 g/mol. The molecule has 0 fully saturated rings. The SMILES string of the molecule is CS(=O)(=O)c1nccc(-c2nc(Br)cs2)n1. The molecule has 0 spiro atoms. The van der Waals surface area contributed by atoms with Crippen LogP contribution in [0, 0.1) is 0 Å². The van der Waals surface area contributed by atoms with Crippen molar-refractivity contribution in [1.29, 1.82) is 0 Å². The fourth-order valence-corrected chi connectivity index (χ4v) is 2.75. The lowest BCUT2D eigenvalue weighted by Gasteiger charge is -1.98. The molecule has 0 aromatic carbocycles. The highest BCUT2D eigenvalue weighted by atomic mass is 79.9. The average Bonchev–Trinajstić information content (AvgIpc) is 2.64. The summed E-state index contributed by atoms with van der Waals surface area (Å²) in [5.74, 6) is 0. The van der Waals surface area contributed by atoms with Gasteiger partial charge in [-0.1, -0.05) is 0 Å². The van der Waals surface area contributed by atoms with Crippen LogP contribution in [-0.2, 0) is 9.84 Å². The van der Waals surface area contributed by atoms with E-state index in [1.54, 1.807) is 11.4 Å². The molecule has 0 N–H and O–H groups in total. The van der Waals surface area contributed by atoms with E-state index in [0.29, 0.717) is 15.3 Å². The number of rotatable bonds is 2. The first-order valence-electron chi connectivity index (χ1n) is 4.11. The Morgan fingerprint density at radius 2 is 2.12 bits per heavy atom. The number of hydrogen-bond donors (Lipinski definition) is 0. The number of aromatic nitrogens is 3. The van der Waals surface area contributed by atoms with Gasteiger partial charge in [0.15, 0.2) is 0 Å². The normalized spacial score (nSPS) is 11.6. The third kappa shape index (κ3) is 2.45. The van der Waals surface area contributed by atoms with Crippen LogP contribution in [0.4, 0.5) is 0 Å². The third-order valence-electron chi connectivity index (χ3n) is 1.66. The first kappa shape index (κ1) is 11.6. The van der Waals surface area contributed by atoms with Crippen molar-refractivity contribution in [2.75, 3.05) is 6.26 Å². The molecule has 0 aliphatic carbocycles. The van der Waals surface area contributed by atoms with Crippen molar-refractivity contribution in [1.82, 2.24) is 15.0 Å². The summed E-state index contributed by atoms with van der Waals surface area (Å²) in [7, 11) is -3.38. The van der Waals surface area contributed by atoms with Crippen molar-refractivity contribution in [3.63, 3.8) is 0 Å². The van der Waals surface area contributed by atoms with Gasteiger partial charge in [0.1, 0.15) is 15.3 Å². The van der Waals surface area contributed by atoms with Crippen LogP contribution >= 0.6 is 27.3 Å². The molecule has 8 heteroatoms. The van der Waals surface area contributed by atoms with E-state index in [1.165, 1.54) is 17.5 Å². The van der Waals surface area contributed by atoms with Crippen molar-refractivity contribution >= 4 is 37.1 Å². The molecule has 2 aromatic rings. The number of thiazole rings is 1. The fraction of sp³-hybridized carbons (Fsp3) is 0.125. The molecule has 2 heterocycles. The first-order valence-corrected chi connectivity index (χ1v) is 7.68.